The maximum Gasteiger partial charge on any atom is 0.407 e. The molecule has 3 aromatic rings. The second-order valence-corrected chi connectivity index (χ2v) is 10.2. The minimum atomic E-state index is -0.588. The lowest BCUT2D eigenvalue weighted by molar-refractivity contribution is -0.119. The fourth-order valence-corrected chi connectivity index (χ4v) is 4.06. The predicted octanol–water partition coefficient (Wildman–Crippen LogP) is 5.05. The topological polar surface area (TPSA) is 104 Å². The normalized spacial score (nSPS) is 13.5. The van der Waals surface area contributed by atoms with Crippen LogP contribution in [0.15, 0.2) is 42.5 Å². The van der Waals surface area contributed by atoms with E-state index in [9.17, 15) is 9.59 Å². The summed E-state index contributed by atoms with van der Waals surface area (Å²) >= 11 is 0. The zero-order valence-electron chi connectivity index (χ0n) is 20.8. The highest BCUT2D eigenvalue weighted by molar-refractivity contribution is 5.97. The van der Waals surface area contributed by atoms with Crippen LogP contribution in [0, 0.1) is 12.8 Å². The van der Waals surface area contributed by atoms with Gasteiger partial charge in [0.05, 0.1) is 5.52 Å². The number of ether oxygens (including phenoxy) is 2. The number of alkyl carbamates (subject to hydrolysis) is 1. The lowest BCUT2D eigenvalue weighted by Crippen LogP contribution is -2.32. The van der Waals surface area contributed by atoms with E-state index in [-0.39, 0.29) is 13.2 Å². The Labute approximate surface area is 206 Å². The molecule has 2 amide bonds. The highest BCUT2D eigenvalue weighted by Gasteiger charge is 2.26. The number of rotatable bonds is 8. The summed E-state index contributed by atoms with van der Waals surface area (Å²) in [7, 11) is 0. The van der Waals surface area contributed by atoms with Crippen molar-refractivity contribution in [3.63, 3.8) is 0 Å². The second-order valence-electron chi connectivity index (χ2n) is 10.2. The molecule has 4 rings (SSSR count). The van der Waals surface area contributed by atoms with Gasteiger partial charge in [-0.3, -0.25) is 9.78 Å². The molecule has 1 heterocycles. The Morgan fingerprint density at radius 1 is 1.11 bits per heavy atom. The van der Waals surface area contributed by atoms with E-state index < -0.39 is 17.6 Å². The van der Waals surface area contributed by atoms with Crippen molar-refractivity contribution in [1.82, 2.24) is 10.3 Å². The first kappa shape index (κ1) is 24.5. The number of hydrogen-bond acceptors (Lipinski definition) is 5. The Morgan fingerprint density at radius 2 is 1.83 bits per heavy atom. The van der Waals surface area contributed by atoms with Crippen LogP contribution in [0.2, 0.25) is 0 Å². The van der Waals surface area contributed by atoms with E-state index in [0.29, 0.717) is 11.7 Å². The number of carbonyl (C=O) groups is 2. The van der Waals surface area contributed by atoms with Gasteiger partial charge in [-0.1, -0.05) is 29.8 Å². The van der Waals surface area contributed by atoms with Gasteiger partial charge in [0.15, 0.2) is 6.61 Å². The van der Waals surface area contributed by atoms with Gasteiger partial charge in [0.25, 0.3) is 5.91 Å². The summed E-state index contributed by atoms with van der Waals surface area (Å²) in [6, 6.07) is 13.9. The lowest BCUT2D eigenvalue weighted by atomic mass is 9.92. The number of hydrogen-bond donors (Lipinski definition) is 2. The van der Waals surface area contributed by atoms with Crippen molar-refractivity contribution < 1.29 is 19.1 Å². The van der Waals surface area contributed by atoms with Gasteiger partial charge in [-0.05, 0) is 82.2 Å². The Kier molecular flexibility index (Phi) is 6.96. The van der Waals surface area contributed by atoms with E-state index in [2.05, 4.69) is 29.6 Å². The van der Waals surface area contributed by atoms with E-state index in [1.807, 2.05) is 39.8 Å². The van der Waals surface area contributed by atoms with Crippen LogP contribution in [0.1, 0.15) is 50.4 Å². The summed E-state index contributed by atoms with van der Waals surface area (Å²) in [5.41, 5.74) is 10.6. The van der Waals surface area contributed by atoms with Crippen molar-refractivity contribution >= 4 is 22.9 Å². The molecular weight excluding hydrogens is 442 g/mol. The third-order valence-corrected chi connectivity index (χ3v) is 5.85. The van der Waals surface area contributed by atoms with E-state index in [1.165, 1.54) is 12.8 Å². The lowest BCUT2D eigenvalue weighted by Gasteiger charge is -2.22. The number of benzene rings is 2. The SMILES string of the molecule is Cc1ccc(-c2c(CNC(=O)OC(C)(C)C)c(CC3CC3)nc3ccc(OCC(N)=O)cc23)cc1. The first-order chi connectivity index (χ1) is 16.6. The van der Waals surface area contributed by atoms with Gasteiger partial charge >= 0.3 is 6.09 Å². The zero-order chi connectivity index (χ0) is 25.2. The summed E-state index contributed by atoms with van der Waals surface area (Å²) in [5.74, 6) is 0.612. The predicted molar refractivity (Wildman–Crippen MR) is 136 cm³/mol. The molecule has 1 aliphatic carbocycles. The van der Waals surface area contributed by atoms with Crippen molar-refractivity contribution in [1.29, 1.82) is 0 Å². The van der Waals surface area contributed by atoms with Crippen LogP contribution < -0.4 is 15.8 Å². The fraction of sp³-hybridized carbons (Fsp3) is 0.393. The summed E-state index contributed by atoms with van der Waals surface area (Å²) in [6.45, 7) is 7.66. The Hall–Kier alpha value is -3.61. The fourth-order valence-electron chi connectivity index (χ4n) is 4.06. The molecule has 0 unspecified atom stereocenters. The maximum absolute atomic E-state index is 12.5. The summed E-state index contributed by atoms with van der Waals surface area (Å²) in [6.07, 6.45) is 2.78. The number of aryl methyl sites for hydroxylation is 1. The number of fused-ring (bicyclic) bond motifs is 1. The van der Waals surface area contributed by atoms with Gasteiger partial charge in [-0.2, -0.15) is 0 Å². The molecule has 7 nitrogen and oxygen atoms in total. The number of nitrogens with two attached hydrogens (primary N) is 1. The van der Waals surface area contributed by atoms with Crippen LogP contribution in [-0.4, -0.2) is 29.2 Å². The molecule has 7 heteroatoms. The molecule has 0 aliphatic heterocycles. The standard InChI is InChI=1S/C28H33N3O4/c1-17-5-9-19(10-6-17)26-21-14-20(34-16-25(29)32)11-12-23(21)31-24(13-18-7-8-18)22(26)15-30-27(33)35-28(2,3)4/h5-6,9-12,14,18H,7-8,13,15-16H2,1-4H3,(H2,29,32)(H,30,33). The van der Waals surface area contributed by atoms with Crippen LogP contribution in [0.4, 0.5) is 4.79 Å². The highest BCUT2D eigenvalue weighted by Crippen LogP contribution is 2.39. The highest BCUT2D eigenvalue weighted by atomic mass is 16.6. The third kappa shape index (κ3) is 6.50. The Morgan fingerprint density at radius 3 is 2.46 bits per heavy atom. The van der Waals surface area contributed by atoms with Crippen molar-refractivity contribution in [2.45, 2.75) is 59.1 Å². The third-order valence-electron chi connectivity index (χ3n) is 5.85. The molecule has 1 aliphatic rings. The average molecular weight is 476 g/mol. The Balaban J connectivity index is 1.84. The van der Waals surface area contributed by atoms with Crippen LogP contribution in [-0.2, 0) is 22.5 Å². The Bertz CT molecular complexity index is 1240. The summed E-state index contributed by atoms with van der Waals surface area (Å²) in [4.78, 5) is 28.8. The zero-order valence-corrected chi connectivity index (χ0v) is 20.8. The van der Waals surface area contributed by atoms with Gasteiger partial charge in [-0.15, -0.1) is 0 Å². The van der Waals surface area contributed by atoms with E-state index in [0.717, 1.165) is 45.3 Å². The molecular formula is C28H33N3O4. The van der Waals surface area contributed by atoms with E-state index >= 15 is 0 Å². The van der Waals surface area contributed by atoms with Crippen molar-refractivity contribution in [3.8, 4) is 16.9 Å². The second kappa shape index (κ2) is 9.94. The van der Waals surface area contributed by atoms with Gasteiger partial charge < -0.3 is 20.5 Å². The number of carbonyl (C=O) groups excluding carboxylic acids is 2. The number of primary amides is 1. The van der Waals surface area contributed by atoms with Crippen LogP contribution in [0.25, 0.3) is 22.0 Å². The van der Waals surface area contributed by atoms with Crippen molar-refractivity contribution in [2.75, 3.05) is 6.61 Å². The smallest absolute Gasteiger partial charge is 0.407 e. The summed E-state index contributed by atoms with van der Waals surface area (Å²) in [5, 5.41) is 3.82. The van der Waals surface area contributed by atoms with Crippen molar-refractivity contribution in [3.05, 3.63) is 59.3 Å². The minimum absolute atomic E-state index is 0.203. The molecule has 2 aromatic carbocycles. The first-order valence-electron chi connectivity index (χ1n) is 12.0. The first-order valence-corrected chi connectivity index (χ1v) is 12.0. The van der Waals surface area contributed by atoms with Gasteiger partial charge in [0.1, 0.15) is 11.4 Å². The molecule has 0 atom stereocenters. The van der Waals surface area contributed by atoms with Crippen molar-refractivity contribution in [2.24, 2.45) is 11.7 Å². The maximum atomic E-state index is 12.5. The number of aromatic nitrogens is 1. The quantitative estimate of drug-likeness (QED) is 0.474. The number of nitrogens with one attached hydrogen (secondary N) is 1. The molecule has 3 N–H and O–H groups in total. The van der Waals surface area contributed by atoms with Crippen LogP contribution in [0.5, 0.6) is 5.75 Å². The van der Waals surface area contributed by atoms with Gasteiger partial charge in [-0.25, -0.2) is 4.79 Å². The van der Waals surface area contributed by atoms with Gasteiger partial charge in [0.2, 0.25) is 0 Å². The summed E-state index contributed by atoms with van der Waals surface area (Å²) < 4.78 is 11.1. The molecule has 0 radical (unpaired) electrons. The largest absolute Gasteiger partial charge is 0.484 e. The molecule has 1 aromatic heterocycles. The van der Waals surface area contributed by atoms with E-state index in [1.54, 1.807) is 6.07 Å². The monoisotopic (exact) mass is 475 g/mol. The molecule has 0 saturated heterocycles. The number of pyridine rings is 1. The molecule has 35 heavy (non-hydrogen) atoms. The molecule has 1 fully saturated rings. The average Bonchev–Trinajstić information content (AvgIpc) is 3.59. The minimum Gasteiger partial charge on any atom is -0.484 e. The number of amides is 2. The van der Waals surface area contributed by atoms with Gasteiger partial charge in [0, 0.05) is 23.2 Å². The number of nitrogens with zero attached hydrogens (tertiary/aromatic N) is 1. The van der Waals surface area contributed by atoms with Crippen LogP contribution >= 0.6 is 0 Å². The molecule has 184 valence electrons. The van der Waals surface area contributed by atoms with E-state index in [4.69, 9.17) is 20.2 Å². The molecule has 1 saturated carbocycles. The van der Waals surface area contributed by atoms with Crippen LogP contribution in [0.3, 0.4) is 0 Å². The molecule has 0 spiro atoms. The molecule has 0 bridgehead atoms.